The van der Waals surface area contributed by atoms with Gasteiger partial charge in [0.1, 0.15) is 30.1 Å². The number of amides is 1. The van der Waals surface area contributed by atoms with Crippen LogP contribution in [0.2, 0.25) is 0 Å². The fraction of sp³-hybridized carbons (Fsp3) is 0.440. The van der Waals surface area contributed by atoms with Gasteiger partial charge < -0.3 is 38.8 Å². The maximum atomic E-state index is 12.0. The van der Waals surface area contributed by atoms with Gasteiger partial charge in [-0.15, -0.1) is 0 Å². The van der Waals surface area contributed by atoms with Crippen molar-refractivity contribution >= 4 is 11.7 Å². The van der Waals surface area contributed by atoms with Crippen LogP contribution >= 0.6 is 0 Å². The molecule has 6 unspecified atom stereocenters. The molecular weight excluding hydrogens is 458 g/mol. The Morgan fingerprint density at radius 2 is 1.74 bits per heavy atom. The number of methoxy groups -OCH3 is 2. The van der Waals surface area contributed by atoms with Gasteiger partial charge in [0.25, 0.3) is 0 Å². The van der Waals surface area contributed by atoms with Crippen molar-refractivity contribution in [2.75, 3.05) is 20.8 Å². The van der Waals surface area contributed by atoms with Gasteiger partial charge in [-0.25, -0.2) is 0 Å². The van der Waals surface area contributed by atoms with Crippen LogP contribution in [0, 0.1) is 0 Å². The summed E-state index contributed by atoms with van der Waals surface area (Å²) in [4.78, 5) is 23.7. The maximum absolute atomic E-state index is 12.0. The van der Waals surface area contributed by atoms with Crippen LogP contribution in [0.5, 0.6) is 17.2 Å². The predicted octanol–water partition coefficient (Wildman–Crippen LogP) is 1.99. The molecular formula is C25H29NO9. The summed E-state index contributed by atoms with van der Waals surface area (Å²) in [6.07, 6.45) is -4.53. The lowest BCUT2D eigenvalue weighted by atomic mass is 9.95. The first-order chi connectivity index (χ1) is 16.8. The van der Waals surface area contributed by atoms with E-state index < -0.39 is 36.9 Å². The third-order valence-electron chi connectivity index (χ3n) is 5.94. The van der Waals surface area contributed by atoms with Gasteiger partial charge in [0.05, 0.1) is 20.8 Å². The molecule has 2 aliphatic heterocycles. The number of nitrogens with one attached hydrogen (secondary N) is 1. The summed E-state index contributed by atoms with van der Waals surface area (Å²) in [6, 6.07) is 11.0. The number of ether oxygens (including phenoxy) is 6. The second-order valence-electron chi connectivity index (χ2n) is 8.31. The average molecular weight is 488 g/mol. The predicted molar refractivity (Wildman–Crippen MR) is 122 cm³/mol. The highest BCUT2D eigenvalue weighted by atomic mass is 16.7. The van der Waals surface area contributed by atoms with Crippen molar-refractivity contribution in [3.63, 3.8) is 0 Å². The van der Waals surface area contributed by atoms with E-state index in [1.165, 1.54) is 21.0 Å². The number of carbonyl (C=O) groups excluding carboxylic acids is 2. The smallest absolute Gasteiger partial charge is 0.223 e. The number of aliphatic hydroxyl groups is 1. The van der Waals surface area contributed by atoms with Crippen molar-refractivity contribution < 1.29 is 43.1 Å². The number of ketones is 1. The summed E-state index contributed by atoms with van der Waals surface area (Å²) in [5.41, 5.74) is 1.12. The molecule has 35 heavy (non-hydrogen) atoms. The number of rotatable bonds is 7. The Balaban J connectivity index is 1.57. The van der Waals surface area contributed by atoms with E-state index in [2.05, 4.69) is 5.32 Å². The van der Waals surface area contributed by atoms with Crippen LogP contribution in [-0.4, -0.2) is 68.3 Å². The van der Waals surface area contributed by atoms with Crippen molar-refractivity contribution in [3.05, 3.63) is 53.6 Å². The minimum Gasteiger partial charge on any atom is -0.496 e. The monoisotopic (exact) mass is 487 g/mol. The molecule has 4 rings (SSSR count). The van der Waals surface area contributed by atoms with Crippen LogP contribution < -0.4 is 19.5 Å². The molecule has 2 fully saturated rings. The SMILES string of the molecule is COc1cc(C(C)=O)ccc1OC1OC2COC(c3ccccc3OC)OC2C(O)C1NC(C)=O. The number of hydrogen-bond acceptors (Lipinski definition) is 9. The van der Waals surface area contributed by atoms with Gasteiger partial charge >= 0.3 is 0 Å². The second kappa shape index (κ2) is 10.6. The Kier molecular flexibility index (Phi) is 7.56. The second-order valence-corrected chi connectivity index (χ2v) is 8.31. The van der Waals surface area contributed by atoms with Crippen LogP contribution in [-0.2, 0) is 19.0 Å². The zero-order valence-corrected chi connectivity index (χ0v) is 19.9. The highest BCUT2D eigenvalue weighted by Crippen LogP contribution is 2.38. The topological polar surface area (TPSA) is 122 Å². The van der Waals surface area contributed by atoms with E-state index >= 15 is 0 Å². The number of carbonyl (C=O) groups is 2. The third-order valence-corrected chi connectivity index (χ3v) is 5.94. The quantitative estimate of drug-likeness (QED) is 0.565. The van der Waals surface area contributed by atoms with Gasteiger partial charge in [0, 0.05) is 18.1 Å². The molecule has 2 N–H and O–H groups in total. The molecule has 2 aromatic carbocycles. The van der Waals surface area contributed by atoms with Gasteiger partial charge in [0.15, 0.2) is 23.6 Å². The largest absolute Gasteiger partial charge is 0.496 e. The van der Waals surface area contributed by atoms with Crippen molar-refractivity contribution in [2.24, 2.45) is 0 Å². The van der Waals surface area contributed by atoms with Crippen LogP contribution in [0.3, 0.4) is 0 Å². The number of aliphatic hydroxyl groups excluding tert-OH is 1. The van der Waals surface area contributed by atoms with E-state index in [-0.39, 0.29) is 24.0 Å². The molecule has 0 spiro atoms. The van der Waals surface area contributed by atoms with Crippen LogP contribution in [0.25, 0.3) is 0 Å². The standard InChI is InChI=1S/C25H29NO9/c1-13(27)15-9-10-18(19(11-15)31-4)33-25-21(26-14(2)28)22(29)23-20(34-25)12-32-24(35-23)16-7-5-6-8-17(16)30-3/h5-11,20-25,29H,12H2,1-4H3,(H,26,28). The lowest BCUT2D eigenvalue weighted by Crippen LogP contribution is -2.67. The number of para-hydroxylation sites is 1. The minimum absolute atomic E-state index is 0.109. The lowest BCUT2D eigenvalue weighted by Gasteiger charge is -2.47. The fourth-order valence-corrected chi connectivity index (χ4v) is 4.21. The average Bonchev–Trinajstić information content (AvgIpc) is 2.86. The number of Topliss-reactive ketones (excluding diaryl/α,β-unsaturated/α-hetero) is 1. The molecule has 2 heterocycles. The Bertz CT molecular complexity index is 1070. The Morgan fingerprint density at radius 1 is 1.00 bits per heavy atom. The highest BCUT2D eigenvalue weighted by Gasteiger charge is 2.51. The molecule has 0 bridgehead atoms. The van der Waals surface area contributed by atoms with Crippen LogP contribution in [0.4, 0.5) is 0 Å². The van der Waals surface area contributed by atoms with E-state index in [1.807, 2.05) is 18.2 Å². The molecule has 10 heteroatoms. The van der Waals surface area contributed by atoms with Gasteiger partial charge in [-0.2, -0.15) is 0 Å². The summed E-state index contributed by atoms with van der Waals surface area (Å²) in [7, 11) is 3.00. The molecule has 0 aliphatic carbocycles. The van der Waals surface area contributed by atoms with Crippen molar-refractivity contribution in [1.82, 2.24) is 5.32 Å². The molecule has 6 atom stereocenters. The van der Waals surface area contributed by atoms with Gasteiger partial charge in [-0.3, -0.25) is 9.59 Å². The maximum Gasteiger partial charge on any atom is 0.223 e. The molecule has 0 radical (unpaired) electrons. The zero-order chi connectivity index (χ0) is 25.1. The number of hydrogen-bond donors (Lipinski definition) is 2. The van der Waals surface area contributed by atoms with E-state index in [4.69, 9.17) is 28.4 Å². The number of benzene rings is 2. The third kappa shape index (κ3) is 5.25. The normalized spacial score (nSPS) is 27.9. The van der Waals surface area contributed by atoms with Crippen molar-refractivity contribution in [2.45, 2.75) is 50.8 Å². The molecule has 2 saturated heterocycles. The highest BCUT2D eigenvalue weighted by molar-refractivity contribution is 5.94. The zero-order valence-electron chi connectivity index (χ0n) is 19.9. The summed E-state index contributed by atoms with van der Waals surface area (Å²) in [5, 5.41) is 13.9. The van der Waals surface area contributed by atoms with Gasteiger partial charge in [-0.1, -0.05) is 18.2 Å². The van der Waals surface area contributed by atoms with E-state index in [0.29, 0.717) is 22.6 Å². The van der Waals surface area contributed by atoms with E-state index in [1.54, 1.807) is 31.4 Å². The van der Waals surface area contributed by atoms with Crippen molar-refractivity contribution in [3.8, 4) is 17.2 Å². The molecule has 2 aliphatic rings. The van der Waals surface area contributed by atoms with E-state index in [0.717, 1.165) is 0 Å². The van der Waals surface area contributed by atoms with Gasteiger partial charge in [0.2, 0.25) is 12.2 Å². The molecule has 1 amide bonds. The Morgan fingerprint density at radius 3 is 2.43 bits per heavy atom. The first kappa shape index (κ1) is 24.9. The molecule has 188 valence electrons. The Hall–Kier alpha value is -3.18. The molecule has 0 saturated carbocycles. The lowest BCUT2D eigenvalue weighted by molar-refractivity contribution is -0.334. The van der Waals surface area contributed by atoms with Crippen molar-refractivity contribution in [1.29, 1.82) is 0 Å². The Labute approximate surface area is 203 Å². The number of fused-ring (bicyclic) bond motifs is 1. The fourth-order valence-electron chi connectivity index (χ4n) is 4.21. The van der Waals surface area contributed by atoms with E-state index in [9.17, 15) is 14.7 Å². The summed E-state index contributed by atoms with van der Waals surface area (Å²) in [5.74, 6) is 0.680. The molecule has 2 aromatic rings. The first-order valence-electron chi connectivity index (χ1n) is 11.2. The summed E-state index contributed by atoms with van der Waals surface area (Å²) < 4.78 is 34.9. The van der Waals surface area contributed by atoms with Crippen LogP contribution in [0.15, 0.2) is 42.5 Å². The van der Waals surface area contributed by atoms with Crippen LogP contribution in [0.1, 0.15) is 36.1 Å². The summed E-state index contributed by atoms with van der Waals surface area (Å²) >= 11 is 0. The molecule has 0 aromatic heterocycles. The van der Waals surface area contributed by atoms with Gasteiger partial charge in [-0.05, 0) is 31.2 Å². The minimum atomic E-state index is -1.17. The summed E-state index contributed by atoms with van der Waals surface area (Å²) in [6.45, 7) is 2.89. The molecule has 10 nitrogen and oxygen atoms in total. The first-order valence-corrected chi connectivity index (χ1v) is 11.2.